The topological polar surface area (TPSA) is 12.5 Å². The van der Waals surface area contributed by atoms with Gasteiger partial charge in [0.05, 0.1) is 5.60 Å². The highest BCUT2D eigenvalue weighted by atomic mass is 16.5. The van der Waals surface area contributed by atoms with Crippen molar-refractivity contribution in [3.63, 3.8) is 0 Å². The van der Waals surface area contributed by atoms with Gasteiger partial charge in [-0.05, 0) is 59.8 Å². The summed E-state index contributed by atoms with van der Waals surface area (Å²) in [6, 6.07) is 0.494. The van der Waals surface area contributed by atoms with Crippen LogP contribution in [0.5, 0.6) is 0 Å². The van der Waals surface area contributed by atoms with Crippen LogP contribution in [0.15, 0.2) is 0 Å². The van der Waals surface area contributed by atoms with Crippen molar-refractivity contribution >= 4 is 0 Å². The quantitative estimate of drug-likeness (QED) is 0.609. The summed E-state index contributed by atoms with van der Waals surface area (Å²) >= 11 is 0. The Morgan fingerprint density at radius 1 is 0.895 bits per heavy atom. The summed E-state index contributed by atoms with van der Waals surface area (Å²) in [5.74, 6) is 1.19. The summed E-state index contributed by atoms with van der Waals surface area (Å²) < 4.78 is 6.47. The van der Waals surface area contributed by atoms with Gasteiger partial charge in [0.1, 0.15) is 5.72 Å². The fraction of sp³-hybridized carbons (Fsp3) is 1.00. The SMILES string of the molecule is CC(C)CCN(C(C)C)C(C)(OC(C)(C)C)C(C)C. The molecule has 0 saturated heterocycles. The summed E-state index contributed by atoms with van der Waals surface area (Å²) in [4.78, 5) is 2.53. The molecule has 0 heterocycles. The normalized spacial score (nSPS) is 16.7. The highest BCUT2D eigenvalue weighted by Crippen LogP contribution is 2.33. The van der Waals surface area contributed by atoms with Gasteiger partial charge in [0.25, 0.3) is 0 Å². The van der Waals surface area contributed by atoms with E-state index in [9.17, 15) is 0 Å². The van der Waals surface area contributed by atoms with Crippen LogP contribution in [0.25, 0.3) is 0 Å². The molecule has 0 radical (unpaired) electrons. The summed E-state index contributed by atoms with van der Waals surface area (Å²) in [6.07, 6.45) is 1.22. The predicted octanol–water partition coefficient (Wildman–Crippen LogP) is 4.93. The van der Waals surface area contributed by atoms with E-state index >= 15 is 0 Å². The van der Waals surface area contributed by atoms with Gasteiger partial charge in [-0.1, -0.05) is 27.7 Å². The highest BCUT2D eigenvalue weighted by molar-refractivity contribution is 4.85. The molecule has 0 bridgehead atoms. The fourth-order valence-corrected chi connectivity index (χ4v) is 2.52. The monoisotopic (exact) mass is 271 g/mol. The maximum atomic E-state index is 6.47. The van der Waals surface area contributed by atoms with Crippen molar-refractivity contribution in [2.45, 2.75) is 93.0 Å². The van der Waals surface area contributed by atoms with Crippen molar-refractivity contribution in [1.82, 2.24) is 4.90 Å². The third-order valence-electron chi connectivity index (χ3n) is 3.73. The second-order valence-electron chi connectivity index (χ2n) is 7.89. The lowest BCUT2D eigenvalue weighted by Gasteiger charge is -2.49. The van der Waals surface area contributed by atoms with Crippen LogP contribution in [0, 0.1) is 11.8 Å². The Morgan fingerprint density at radius 2 is 1.37 bits per heavy atom. The van der Waals surface area contributed by atoms with E-state index in [1.54, 1.807) is 0 Å². The van der Waals surface area contributed by atoms with E-state index in [-0.39, 0.29) is 11.3 Å². The Kier molecular flexibility index (Phi) is 7.05. The molecule has 19 heavy (non-hydrogen) atoms. The average Bonchev–Trinajstić information content (AvgIpc) is 2.13. The zero-order valence-electron chi connectivity index (χ0n) is 15.0. The third-order valence-corrected chi connectivity index (χ3v) is 3.73. The van der Waals surface area contributed by atoms with Gasteiger partial charge in [-0.2, -0.15) is 0 Å². The molecule has 0 spiro atoms. The number of hydrogen-bond donors (Lipinski definition) is 0. The zero-order valence-corrected chi connectivity index (χ0v) is 15.0. The van der Waals surface area contributed by atoms with Crippen LogP contribution < -0.4 is 0 Å². The van der Waals surface area contributed by atoms with Gasteiger partial charge in [0.15, 0.2) is 0 Å². The summed E-state index contributed by atoms with van der Waals surface area (Å²) in [7, 11) is 0. The summed E-state index contributed by atoms with van der Waals surface area (Å²) in [5.41, 5.74) is -0.328. The first-order valence-electron chi connectivity index (χ1n) is 7.87. The molecule has 116 valence electrons. The molecule has 2 nitrogen and oxygen atoms in total. The highest BCUT2D eigenvalue weighted by Gasteiger charge is 2.40. The first-order chi connectivity index (χ1) is 8.40. The second-order valence-corrected chi connectivity index (χ2v) is 7.89. The Hall–Kier alpha value is -0.0800. The molecular formula is C17H37NO. The molecule has 0 aliphatic heterocycles. The average molecular weight is 271 g/mol. The minimum absolute atomic E-state index is 0.121. The maximum Gasteiger partial charge on any atom is 0.122 e. The summed E-state index contributed by atoms with van der Waals surface area (Å²) in [6.45, 7) is 23.4. The van der Waals surface area contributed by atoms with Gasteiger partial charge < -0.3 is 4.74 Å². The van der Waals surface area contributed by atoms with E-state index in [1.807, 2.05) is 0 Å². The molecule has 2 heteroatoms. The fourth-order valence-electron chi connectivity index (χ4n) is 2.52. The van der Waals surface area contributed by atoms with Crippen molar-refractivity contribution in [3.05, 3.63) is 0 Å². The molecule has 0 aliphatic rings. The van der Waals surface area contributed by atoms with E-state index in [0.29, 0.717) is 12.0 Å². The summed E-state index contributed by atoms with van der Waals surface area (Å²) in [5, 5.41) is 0. The second kappa shape index (κ2) is 7.08. The largest absolute Gasteiger partial charge is 0.355 e. The van der Waals surface area contributed by atoms with Gasteiger partial charge in [-0.3, -0.25) is 4.90 Å². The van der Waals surface area contributed by atoms with Gasteiger partial charge in [-0.15, -0.1) is 0 Å². The van der Waals surface area contributed by atoms with E-state index in [4.69, 9.17) is 4.74 Å². The molecule has 1 unspecified atom stereocenters. The van der Waals surface area contributed by atoms with Crippen molar-refractivity contribution in [1.29, 1.82) is 0 Å². The van der Waals surface area contributed by atoms with Crippen LogP contribution in [-0.4, -0.2) is 28.8 Å². The van der Waals surface area contributed by atoms with Gasteiger partial charge in [-0.25, -0.2) is 0 Å². The van der Waals surface area contributed by atoms with Crippen molar-refractivity contribution in [2.75, 3.05) is 6.54 Å². The lowest BCUT2D eigenvalue weighted by molar-refractivity contribution is -0.233. The third kappa shape index (κ3) is 6.27. The van der Waals surface area contributed by atoms with Crippen LogP contribution in [0.4, 0.5) is 0 Å². The Balaban J connectivity index is 5.16. The first-order valence-corrected chi connectivity index (χ1v) is 7.87. The standard InChI is InChI=1S/C17H37NO/c1-13(2)11-12-18(15(5)6)17(10,14(3)4)19-16(7,8)9/h13-15H,11-12H2,1-10H3. The van der Waals surface area contributed by atoms with Crippen LogP contribution in [-0.2, 0) is 4.74 Å². The van der Waals surface area contributed by atoms with Crippen LogP contribution >= 0.6 is 0 Å². The molecule has 1 atom stereocenters. The molecule has 0 N–H and O–H groups in total. The smallest absolute Gasteiger partial charge is 0.122 e. The molecule has 0 aromatic rings. The van der Waals surface area contributed by atoms with Crippen LogP contribution in [0.1, 0.15) is 75.7 Å². The first kappa shape index (κ1) is 18.9. The molecule has 0 amide bonds. The van der Waals surface area contributed by atoms with Gasteiger partial charge >= 0.3 is 0 Å². The lowest BCUT2D eigenvalue weighted by Crippen LogP contribution is -2.58. The van der Waals surface area contributed by atoms with E-state index in [0.717, 1.165) is 12.5 Å². The molecule has 0 fully saturated rings. The predicted molar refractivity (Wildman–Crippen MR) is 85.4 cm³/mol. The van der Waals surface area contributed by atoms with Crippen molar-refractivity contribution in [2.24, 2.45) is 11.8 Å². The van der Waals surface area contributed by atoms with Crippen molar-refractivity contribution < 1.29 is 4.74 Å². The van der Waals surface area contributed by atoms with E-state index in [2.05, 4.69) is 74.1 Å². The molecule has 0 aliphatic carbocycles. The zero-order chi connectivity index (χ0) is 15.4. The van der Waals surface area contributed by atoms with Crippen LogP contribution in [0.2, 0.25) is 0 Å². The Bertz CT molecular complexity index is 252. The number of ether oxygens (including phenoxy) is 1. The van der Waals surface area contributed by atoms with Crippen LogP contribution in [0.3, 0.4) is 0 Å². The molecule has 0 aromatic carbocycles. The Morgan fingerprint density at radius 3 is 1.63 bits per heavy atom. The number of hydrogen-bond acceptors (Lipinski definition) is 2. The lowest BCUT2D eigenvalue weighted by atomic mass is 9.95. The Labute approximate surface area is 121 Å². The van der Waals surface area contributed by atoms with Gasteiger partial charge in [0.2, 0.25) is 0 Å². The molecule has 0 aromatic heterocycles. The van der Waals surface area contributed by atoms with Crippen molar-refractivity contribution in [3.8, 4) is 0 Å². The molecular weight excluding hydrogens is 234 g/mol. The minimum atomic E-state index is -0.207. The molecule has 0 rings (SSSR count). The van der Waals surface area contributed by atoms with E-state index < -0.39 is 0 Å². The number of nitrogens with zero attached hydrogens (tertiary/aromatic N) is 1. The number of rotatable bonds is 7. The van der Waals surface area contributed by atoms with E-state index in [1.165, 1.54) is 6.42 Å². The minimum Gasteiger partial charge on any atom is -0.355 e. The maximum absolute atomic E-state index is 6.47. The van der Waals surface area contributed by atoms with Gasteiger partial charge in [0, 0.05) is 12.6 Å². The molecule has 0 saturated carbocycles.